The molecule has 0 spiro atoms. The second-order valence-electron chi connectivity index (χ2n) is 7.69. The van der Waals surface area contributed by atoms with E-state index in [4.69, 9.17) is 14.2 Å². The van der Waals surface area contributed by atoms with E-state index in [-0.39, 0.29) is 12.3 Å². The highest BCUT2D eigenvalue weighted by atomic mass is 32.1. The first-order valence-corrected chi connectivity index (χ1v) is 11.4. The van der Waals surface area contributed by atoms with Crippen molar-refractivity contribution < 1.29 is 14.1 Å². The van der Waals surface area contributed by atoms with E-state index >= 15 is 0 Å². The number of amides is 1. The fraction of sp³-hybridized carbons (Fsp3) is 0.160. The van der Waals surface area contributed by atoms with Gasteiger partial charge in [-0.15, -0.1) is 11.3 Å². The van der Waals surface area contributed by atoms with Gasteiger partial charge in [0, 0.05) is 17.1 Å². The summed E-state index contributed by atoms with van der Waals surface area (Å²) < 4.78 is 12.9. The zero-order chi connectivity index (χ0) is 22.8. The number of nitrogens with zero attached hydrogens (tertiary/aromatic N) is 3. The van der Waals surface area contributed by atoms with Gasteiger partial charge < -0.3 is 14.6 Å². The van der Waals surface area contributed by atoms with E-state index in [0.717, 1.165) is 44.5 Å². The number of hydrogen-bond donors (Lipinski definition) is 1. The van der Waals surface area contributed by atoms with Crippen molar-refractivity contribution in [3.8, 4) is 17.0 Å². The number of nitrogens with one attached hydrogen (secondary N) is 1. The molecule has 1 amide bonds. The van der Waals surface area contributed by atoms with Crippen LogP contribution < -0.4 is 10.1 Å². The van der Waals surface area contributed by atoms with E-state index in [1.807, 2.05) is 84.4 Å². The normalized spacial score (nSPS) is 11.1. The van der Waals surface area contributed by atoms with Crippen molar-refractivity contribution >= 4 is 28.0 Å². The van der Waals surface area contributed by atoms with Gasteiger partial charge in [-0.05, 0) is 31.5 Å². The van der Waals surface area contributed by atoms with Gasteiger partial charge in [0.2, 0.25) is 5.91 Å². The number of imidazole rings is 1. The highest BCUT2D eigenvalue weighted by Gasteiger charge is 2.17. The molecule has 5 rings (SSSR count). The van der Waals surface area contributed by atoms with E-state index < -0.39 is 0 Å². The Bertz CT molecular complexity index is 1380. The smallest absolute Gasteiger partial charge is 0.229 e. The summed E-state index contributed by atoms with van der Waals surface area (Å²) in [4.78, 5) is 18.4. The molecule has 0 saturated heterocycles. The molecule has 8 heteroatoms. The average Bonchev–Trinajstić information content (AvgIpc) is 3.50. The Hall–Kier alpha value is -3.91. The van der Waals surface area contributed by atoms with Crippen molar-refractivity contribution in [1.29, 1.82) is 0 Å². The first-order valence-electron chi connectivity index (χ1n) is 10.5. The number of thiazole rings is 1. The standard InChI is InChI=1S/C25H22N4O3S/c1-16-21(17(2)32-28-16)15-31-20-10-8-18(9-11-20)14-22(30)26-24-23(19-6-4-3-5-7-19)27-25-29(24)12-13-33-25/h3-13H,14-15H2,1-2H3,(H,26,30). The third-order valence-electron chi connectivity index (χ3n) is 5.42. The molecule has 0 unspecified atom stereocenters. The Morgan fingerprint density at radius 3 is 2.64 bits per heavy atom. The van der Waals surface area contributed by atoms with E-state index in [2.05, 4.69) is 10.5 Å². The zero-order valence-electron chi connectivity index (χ0n) is 18.2. The molecule has 5 aromatic rings. The minimum absolute atomic E-state index is 0.107. The highest BCUT2D eigenvalue weighted by molar-refractivity contribution is 7.15. The van der Waals surface area contributed by atoms with Crippen molar-refractivity contribution in [2.75, 3.05) is 5.32 Å². The molecule has 0 aliphatic heterocycles. The van der Waals surface area contributed by atoms with Crippen molar-refractivity contribution in [3.63, 3.8) is 0 Å². The second-order valence-corrected chi connectivity index (χ2v) is 8.56. The SMILES string of the molecule is Cc1noc(C)c1COc1ccc(CC(=O)Nc2c(-c3ccccc3)nc3sccn23)cc1. The van der Waals surface area contributed by atoms with Crippen molar-refractivity contribution in [2.45, 2.75) is 26.9 Å². The Morgan fingerprint density at radius 1 is 1.12 bits per heavy atom. The van der Waals surface area contributed by atoms with E-state index in [0.29, 0.717) is 12.4 Å². The fourth-order valence-corrected chi connectivity index (χ4v) is 4.35. The van der Waals surface area contributed by atoms with Gasteiger partial charge in [0.25, 0.3) is 0 Å². The second kappa shape index (κ2) is 8.91. The molecule has 33 heavy (non-hydrogen) atoms. The molecule has 0 saturated carbocycles. The first-order chi connectivity index (χ1) is 16.1. The number of hydrogen-bond acceptors (Lipinski definition) is 6. The largest absolute Gasteiger partial charge is 0.489 e. The van der Waals surface area contributed by atoms with Crippen molar-refractivity contribution in [2.24, 2.45) is 0 Å². The van der Waals surface area contributed by atoms with Crippen LogP contribution in [-0.4, -0.2) is 20.4 Å². The number of benzene rings is 2. The summed E-state index contributed by atoms with van der Waals surface area (Å²) in [5.41, 5.74) is 4.40. The minimum atomic E-state index is -0.107. The molecule has 1 N–H and O–H groups in total. The van der Waals surface area contributed by atoms with Crippen LogP contribution in [0.1, 0.15) is 22.6 Å². The van der Waals surface area contributed by atoms with Crippen LogP contribution in [0.3, 0.4) is 0 Å². The number of carbonyl (C=O) groups excluding carboxylic acids is 1. The van der Waals surface area contributed by atoms with Crippen LogP contribution in [0.4, 0.5) is 5.82 Å². The number of anilines is 1. The molecule has 0 bridgehead atoms. The summed E-state index contributed by atoms with van der Waals surface area (Å²) in [6, 6.07) is 17.4. The molecule has 0 fully saturated rings. The van der Waals surface area contributed by atoms with Gasteiger partial charge >= 0.3 is 0 Å². The molecule has 3 heterocycles. The van der Waals surface area contributed by atoms with Crippen LogP contribution in [-0.2, 0) is 17.8 Å². The quantitative estimate of drug-likeness (QED) is 0.352. The third-order valence-corrected chi connectivity index (χ3v) is 6.18. The Balaban J connectivity index is 1.27. The lowest BCUT2D eigenvalue weighted by molar-refractivity contribution is -0.115. The van der Waals surface area contributed by atoms with Crippen LogP contribution in [0.2, 0.25) is 0 Å². The van der Waals surface area contributed by atoms with Crippen LogP contribution in [0.15, 0.2) is 70.7 Å². The third kappa shape index (κ3) is 4.38. The average molecular weight is 459 g/mol. The fourth-order valence-electron chi connectivity index (χ4n) is 3.63. The number of carbonyl (C=O) groups is 1. The first kappa shape index (κ1) is 21.0. The number of fused-ring (bicyclic) bond motifs is 1. The highest BCUT2D eigenvalue weighted by Crippen LogP contribution is 2.30. The Kier molecular flexibility index (Phi) is 5.66. The molecular weight excluding hydrogens is 436 g/mol. The molecule has 0 aliphatic rings. The lowest BCUT2D eigenvalue weighted by Gasteiger charge is -2.09. The predicted octanol–water partition coefficient (Wildman–Crippen LogP) is 5.43. The maximum absolute atomic E-state index is 12.9. The summed E-state index contributed by atoms with van der Waals surface area (Å²) in [5, 5.41) is 8.95. The van der Waals surface area contributed by atoms with Gasteiger partial charge in [0.15, 0.2) is 4.96 Å². The monoisotopic (exact) mass is 458 g/mol. The zero-order valence-corrected chi connectivity index (χ0v) is 19.1. The molecule has 0 aliphatic carbocycles. The van der Waals surface area contributed by atoms with Crippen LogP contribution in [0, 0.1) is 13.8 Å². The summed E-state index contributed by atoms with van der Waals surface area (Å²) in [5.74, 6) is 2.06. The minimum Gasteiger partial charge on any atom is -0.489 e. The Labute approximate surface area is 194 Å². The van der Waals surface area contributed by atoms with Crippen LogP contribution in [0.5, 0.6) is 5.75 Å². The van der Waals surface area contributed by atoms with Crippen LogP contribution >= 0.6 is 11.3 Å². The van der Waals surface area contributed by atoms with E-state index in [1.165, 1.54) is 11.3 Å². The van der Waals surface area contributed by atoms with Gasteiger partial charge in [0.1, 0.15) is 29.6 Å². The molecule has 166 valence electrons. The number of aromatic nitrogens is 3. The summed E-state index contributed by atoms with van der Waals surface area (Å²) in [6.45, 7) is 4.15. The molecule has 2 aromatic carbocycles. The number of aryl methyl sites for hydroxylation is 2. The summed E-state index contributed by atoms with van der Waals surface area (Å²) in [6.07, 6.45) is 2.16. The number of ether oxygens (including phenoxy) is 1. The van der Waals surface area contributed by atoms with Crippen LogP contribution in [0.25, 0.3) is 16.2 Å². The molecular formula is C25H22N4O3S. The van der Waals surface area contributed by atoms with Gasteiger partial charge in [0.05, 0.1) is 17.7 Å². The summed E-state index contributed by atoms with van der Waals surface area (Å²) in [7, 11) is 0. The summed E-state index contributed by atoms with van der Waals surface area (Å²) >= 11 is 1.53. The topological polar surface area (TPSA) is 81.7 Å². The van der Waals surface area contributed by atoms with E-state index in [9.17, 15) is 4.79 Å². The molecule has 0 radical (unpaired) electrons. The predicted molar refractivity (Wildman–Crippen MR) is 128 cm³/mol. The Morgan fingerprint density at radius 2 is 1.91 bits per heavy atom. The van der Waals surface area contributed by atoms with Gasteiger partial charge in [-0.3, -0.25) is 9.20 Å². The lowest BCUT2D eigenvalue weighted by atomic mass is 10.1. The van der Waals surface area contributed by atoms with Gasteiger partial charge in [-0.25, -0.2) is 4.98 Å². The lowest BCUT2D eigenvalue weighted by Crippen LogP contribution is -2.16. The van der Waals surface area contributed by atoms with Gasteiger partial charge in [-0.1, -0.05) is 47.6 Å². The maximum atomic E-state index is 12.9. The van der Waals surface area contributed by atoms with Gasteiger partial charge in [-0.2, -0.15) is 0 Å². The number of rotatable bonds is 7. The molecule has 3 aromatic heterocycles. The maximum Gasteiger partial charge on any atom is 0.229 e. The van der Waals surface area contributed by atoms with E-state index in [1.54, 1.807) is 0 Å². The molecule has 0 atom stereocenters. The van der Waals surface area contributed by atoms with Crippen molar-refractivity contribution in [3.05, 3.63) is 88.8 Å². The molecule has 7 nitrogen and oxygen atoms in total. The van der Waals surface area contributed by atoms with Crippen molar-refractivity contribution in [1.82, 2.24) is 14.5 Å².